The number of ether oxygens (including phenoxy) is 1. The molecule has 2 aromatic rings. The summed E-state index contributed by atoms with van der Waals surface area (Å²) < 4.78 is 7.25. The highest BCUT2D eigenvalue weighted by Crippen LogP contribution is 2.16. The van der Waals surface area contributed by atoms with Gasteiger partial charge in [0.1, 0.15) is 11.5 Å². The first-order valence-electron chi connectivity index (χ1n) is 5.58. The van der Waals surface area contributed by atoms with Crippen molar-refractivity contribution in [1.29, 1.82) is 0 Å². The van der Waals surface area contributed by atoms with Crippen LogP contribution in [0.25, 0.3) is 5.65 Å². The fraction of sp³-hybridized carbons (Fsp3) is 0.417. The summed E-state index contributed by atoms with van der Waals surface area (Å²) in [5.41, 5.74) is 0.972. The number of rotatable bonds is 6. The van der Waals surface area contributed by atoms with E-state index in [0.717, 1.165) is 36.5 Å². The summed E-state index contributed by atoms with van der Waals surface area (Å²) in [6.45, 7) is 2.54. The van der Waals surface area contributed by atoms with Crippen LogP contribution in [0.2, 0.25) is 0 Å². The molecule has 0 N–H and O–H groups in total. The number of fused-ring (bicyclic) bond motifs is 1. The molecule has 17 heavy (non-hydrogen) atoms. The van der Waals surface area contributed by atoms with Crippen LogP contribution in [0.15, 0.2) is 30.6 Å². The number of hydrogen-bond donors (Lipinski definition) is 0. The van der Waals surface area contributed by atoms with Crippen LogP contribution in [-0.2, 0) is 4.74 Å². The van der Waals surface area contributed by atoms with Gasteiger partial charge in [-0.3, -0.25) is 4.40 Å². The van der Waals surface area contributed by atoms with Crippen LogP contribution < -0.4 is 4.90 Å². The SMILES string of the molecule is COCCN(CCBr)c1cccc2nccn12. The van der Waals surface area contributed by atoms with Gasteiger partial charge in [0.05, 0.1) is 6.61 Å². The minimum atomic E-state index is 0.720. The normalized spacial score (nSPS) is 10.9. The van der Waals surface area contributed by atoms with E-state index in [4.69, 9.17) is 4.74 Å². The van der Waals surface area contributed by atoms with Crippen LogP contribution in [0, 0.1) is 0 Å². The molecule has 0 saturated carbocycles. The van der Waals surface area contributed by atoms with Gasteiger partial charge in [0, 0.05) is 37.9 Å². The van der Waals surface area contributed by atoms with Gasteiger partial charge in [0.25, 0.3) is 0 Å². The van der Waals surface area contributed by atoms with E-state index in [1.165, 1.54) is 0 Å². The van der Waals surface area contributed by atoms with Crippen LogP contribution in [0.5, 0.6) is 0 Å². The summed E-state index contributed by atoms with van der Waals surface area (Å²) in [7, 11) is 1.73. The van der Waals surface area contributed by atoms with Crippen molar-refractivity contribution in [3.63, 3.8) is 0 Å². The number of methoxy groups -OCH3 is 1. The van der Waals surface area contributed by atoms with Gasteiger partial charge in [-0.1, -0.05) is 22.0 Å². The van der Waals surface area contributed by atoms with Crippen molar-refractivity contribution in [3.05, 3.63) is 30.6 Å². The third kappa shape index (κ3) is 2.79. The molecular weight excluding hydrogens is 282 g/mol. The number of halogens is 1. The van der Waals surface area contributed by atoms with Crippen LogP contribution in [0.3, 0.4) is 0 Å². The van der Waals surface area contributed by atoms with Gasteiger partial charge in [-0.05, 0) is 12.1 Å². The van der Waals surface area contributed by atoms with Crippen molar-refractivity contribution < 1.29 is 4.74 Å². The Kier molecular flexibility index (Phi) is 4.39. The molecular formula is C12H16BrN3O. The summed E-state index contributed by atoms with van der Waals surface area (Å²) >= 11 is 3.49. The third-order valence-electron chi connectivity index (χ3n) is 2.65. The van der Waals surface area contributed by atoms with Gasteiger partial charge < -0.3 is 9.64 Å². The average molecular weight is 298 g/mol. The Hall–Kier alpha value is -1.07. The zero-order valence-corrected chi connectivity index (χ0v) is 11.4. The van der Waals surface area contributed by atoms with E-state index in [1.54, 1.807) is 7.11 Å². The first-order chi connectivity index (χ1) is 8.36. The fourth-order valence-corrected chi connectivity index (χ4v) is 2.26. The molecule has 0 spiro atoms. The highest BCUT2D eigenvalue weighted by atomic mass is 79.9. The molecule has 2 aromatic heterocycles. The lowest BCUT2D eigenvalue weighted by Crippen LogP contribution is -2.30. The number of imidazole rings is 1. The average Bonchev–Trinajstić information content (AvgIpc) is 2.82. The smallest absolute Gasteiger partial charge is 0.138 e. The molecule has 0 radical (unpaired) electrons. The third-order valence-corrected chi connectivity index (χ3v) is 3.01. The zero-order chi connectivity index (χ0) is 12.1. The number of anilines is 1. The molecule has 0 aromatic carbocycles. The maximum atomic E-state index is 5.15. The predicted octanol–water partition coefficient (Wildman–Crippen LogP) is 2.18. The van der Waals surface area contributed by atoms with Crippen LogP contribution in [0.4, 0.5) is 5.82 Å². The second-order valence-electron chi connectivity index (χ2n) is 3.71. The minimum Gasteiger partial charge on any atom is -0.383 e. The van der Waals surface area contributed by atoms with E-state index in [-0.39, 0.29) is 0 Å². The lowest BCUT2D eigenvalue weighted by molar-refractivity contribution is 0.205. The number of aromatic nitrogens is 2. The van der Waals surface area contributed by atoms with E-state index >= 15 is 0 Å². The topological polar surface area (TPSA) is 29.8 Å². The molecule has 0 saturated heterocycles. The minimum absolute atomic E-state index is 0.720. The summed E-state index contributed by atoms with van der Waals surface area (Å²) in [5, 5.41) is 0.932. The highest BCUT2D eigenvalue weighted by Gasteiger charge is 2.09. The quantitative estimate of drug-likeness (QED) is 0.766. The lowest BCUT2D eigenvalue weighted by atomic mass is 10.4. The Labute approximate surface area is 109 Å². The Morgan fingerprint density at radius 2 is 2.29 bits per heavy atom. The van der Waals surface area contributed by atoms with E-state index < -0.39 is 0 Å². The largest absolute Gasteiger partial charge is 0.383 e. The van der Waals surface area contributed by atoms with Crippen molar-refractivity contribution >= 4 is 27.4 Å². The van der Waals surface area contributed by atoms with E-state index in [9.17, 15) is 0 Å². The number of alkyl halides is 1. The van der Waals surface area contributed by atoms with Gasteiger partial charge in [0.15, 0.2) is 0 Å². The summed E-state index contributed by atoms with van der Waals surface area (Å²) in [5.74, 6) is 1.15. The highest BCUT2D eigenvalue weighted by molar-refractivity contribution is 9.09. The standard InChI is InChI=1S/C12H16BrN3O/c1-17-10-9-15(7-5-13)12-4-2-3-11-14-6-8-16(11)12/h2-4,6,8H,5,7,9-10H2,1H3. The number of pyridine rings is 1. The maximum Gasteiger partial charge on any atom is 0.138 e. The molecule has 0 bridgehead atoms. The van der Waals surface area contributed by atoms with E-state index in [1.807, 2.05) is 24.5 Å². The molecule has 0 atom stereocenters. The predicted molar refractivity (Wildman–Crippen MR) is 73.1 cm³/mol. The lowest BCUT2D eigenvalue weighted by Gasteiger charge is -2.24. The first-order valence-corrected chi connectivity index (χ1v) is 6.71. The van der Waals surface area contributed by atoms with Crippen molar-refractivity contribution in [3.8, 4) is 0 Å². The van der Waals surface area contributed by atoms with Crippen molar-refractivity contribution in [2.45, 2.75) is 0 Å². The molecule has 92 valence electrons. The molecule has 4 nitrogen and oxygen atoms in total. The monoisotopic (exact) mass is 297 g/mol. The second-order valence-corrected chi connectivity index (χ2v) is 4.50. The Balaban J connectivity index is 2.30. The molecule has 5 heteroatoms. The molecule has 0 fully saturated rings. The molecule has 0 aliphatic heterocycles. The van der Waals surface area contributed by atoms with E-state index in [0.29, 0.717) is 0 Å². The van der Waals surface area contributed by atoms with Crippen molar-refractivity contribution in [2.75, 3.05) is 37.0 Å². The Morgan fingerprint density at radius 1 is 1.41 bits per heavy atom. The van der Waals surface area contributed by atoms with Crippen molar-refractivity contribution in [2.24, 2.45) is 0 Å². The summed E-state index contributed by atoms with van der Waals surface area (Å²) in [6, 6.07) is 6.14. The molecule has 0 aliphatic carbocycles. The van der Waals surface area contributed by atoms with Gasteiger partial charge >= 0.3 is 0 Å². The zero-order valence-electron chi connectivity index (χ0n) is 9.84. The van der Waals surface area contributed by atoms with Gasteiger partial charge in [0.2, 0.25) is 0 Å². The van der Waals surface area contributed by atoms with Gasteiger partial charge in [-0.2, -0.15) is 0 Å². The molecule has 2 rings (SSSR count). The second kappa shape index (κ2) is 6.02. The Morgan fingerprint density at radius 3 is 3.06 bits per heavy atom. The van der Waals surface area contributed by atoms with E-state index in [2.05, 4.69) is 36.3 Å². The van der Waals surface area contributed by atoms with Crippen LogP contribution in [-0.4, -0.2) is 41.5 Å². The van der Waals surface area contributed by atoms with Crippen molar-refractivity contribution in [1.82, 2.24) is 9.38 Å². The maximum absolute atomic E-state index is 5.15. The summed E-state index contributed by atoms with van der Waals surface area (Å²) in [4.78, 5) is 6.58. The van der Waals surface area contributed by atoms with Gasteiger partial charge in [-0.15, -0.1) is 0 Å². The first kappa shape index (κ1) is 12.4. The molecule has 0 aliphatic rings. The summed E-state index contributed by atoms with van der Waals surface area (Å²) in [6.07, 6.45) is 3.81. The van der Waals surface area contributed by atoms with Crippen LogP contribution in [0.1, 0.15) is 0 Å². The van der Waals surface area contributed by atoms with Gasteiger partial charge in [-0.25, -0.2) is 4.98 Å². The number of hydrogen-bond acceptors (Lipinski definition) is 3. The van der Waals surface area contributed by atoms with Crippen LogP contribution >= 0.6 is 15.9 Å². The molecule has 0 unspecified atom stereocenters. The molecule has 2 heterocycles. The Bertz CT molecular complexity index is 471. The number of nitrogens with zero attached hydrogens (tertiary/aromatic N) is 3. The molecule has 0 amide bonds. The fourth-order valence-electron chi connectivity index (χ4n) is 1.83.